The second-order valence-corrected chi connectivity index (χ2v) is 6.16. The maximum absolute atomic E-state index is 9.28. The van der Waals surface area contributed by atoms with Gasteiger partial charge in [-0.15, -0.1) is 0 Å². The first-order valence-electron chi connectivity index (χ1n) is 8.34. The topological polar surface area (TPSA) is 20.2 Å². The SMILES string of the molecule is CCCCCCCCCCCCC(C)CC(C)O. The lowest BCUT2D eigenvalue weighted by molar-refractivity contribution is 0.161. The summed E-state index contributed by atoms with van der Waals surface area (Å²) >= 11 is 0. The van der Waals surface area contributed by atoms with Crippen LogP contribution in [0.2, 0.25) is 0 Å². The van der Waals surface area contributed by atoms with E-state index in [0.29, 0.717) is 5.92 Å². The molecular weight excluding hydrogens is 220 g/mol. The Morgan fingerprint density at radius 1 is 0.722 bits per heavy atom. The van der Waals surface area contributed by atoms with Crippen LogP contribution in [0.5, 0.6) is 0 Å². The molecule has 0 radical (unpaired) electrons. The van der Waals surface area contributed by atoms with Crippen LogP contribution in [0.3, 0.4) is 0 Å². The minimum absolute atomic E-state index is 0.122. The second-order valence-electron chi connectivity index (χ2n) is 6.16. The highest BCUT2D eigenvalue weighted by molar-refractivity contribution is 4.58. The van der Waals surface area contributed by atoms with Crippen LogP contribution in [0.25, 0.3) is 0 Å². The summed E-state index contributed by atoms with van der Waals surface area (Å²) in [6.07, 6.45) is 16.3. The van der Waals surface area contributed by atoms with Crippen LogP contribution in [0.1, 0.15) is 97.8 Å². The fraction of sp³-hybridized carbons (Fsp3) is 1.00. The first kappa shape index (κ1) is 18.0. The predicted molar refractivity (Wildman–Crippen MR) is 81.9 cm³/mol. The van der Waals surface area contributed by atoms with Gasteiger partial charge in [-0.05, 0) is 19.3 Å². The molecule has 0 aliphatic heterocycles. The highest BCUT2D eigenvalue weighted by Crippen LogP contribution is 2.16. The van der Waals surface area contributed by atoms with E-state index in [9.17, 15) is 5.11 Å². The quantitative estimate of drug-likeness (QED) is 0.419. The third kappa shape index (κ3) is 14.0. The molecule has 0 aliphatic rings. The molecule has 0 saturated heterocycles. The molecule has 0 spiro atoms. The van der Waals surface area contributed by atoms with Crippen molar-refractivity contribution in [3.63, 3.8) is 0 Å². The summed E-state index contributed by atoms with van der Waals surface area (Å²) in [7, 11) is 0. The molecule has 0 fully saturated rings. The maximum Gasteiger partial charge on any atom is 0.0514 e. The van der Waals surface area contributed by atoms with Crippen LogP contribution in [-0.4, -0.2) is 11.2 Å². The molecule has 1 heteroatoms. The van der Waals surface area contributed by atoms with E-state index >= 15 is 0 Å². The van der Waals surface area contributed by atoms with Crippen molar-refractivity contribution in [2.45, 2.75) is 104 Å². The van der Waals surface area contributed by atoms with Gasteiger partial charge < -0.3 is 5.11 Å². The van der Waals surface area contributed by atoms with Gasteiger partial charge in [0.25, 0.3) is 0 Å². The largest absolute Gasteiger partial charge is 0.393 e. The molecule has 0 heterocycles. The van der Waals surface area contributed by atoms with Crippen LogP contribution in [0, 0.1) is 5.92 Å². The summed E-state index contributed by atoms with van der Waals surface area (Å²) in [4.78, 5) is 0. The Morgan fingerprint density at radius 3 is 1.61 bits per heavy atom. The van der Waals surface area contributed by atoms with Crippen molar-refractivity contribution < 1.29 is 5.11 Å². The van der Waals surface area contributed by atoms with Gasteiger partial charge in [0.1, 0.15) is 0 Å². The lowest BCUT2D eigenvalue weighted by Crippen LogP contribution is -2.06. The molecule has 0 bridgehead atoms. The second kappa shape index (κ2) is 13.4. The van der Waals surface area contributed by atoms with E-state index in [0.717, 1.165) is 6.42 Å². The zero-order valence-electron chi connectivity index (χ0n) is 13.1. The highest BCUT2D eigenvalue weighted by atomic mass is 16.3. The molecule has 1 N–H and O–H groups in total. The first-order valence-corrected chi connectivity index (χ1v) is 8.34. The van der Waals surface area contributed by atoms with Crippen molar-refractivity contribution in [1.29, 1.82) is 0 Å². The van der Waals surface area contributed by atoms with Gasteiger partial charge in [-0.1, -0.05) is 84.5 Å². The Kier molecular flexibility index (Phi) is 13.4. The molecule has 2 atom stereocenters. The number of rotatable bonds is 13. The molecule has 0 rings (SSSR count). The summed E-state index contributed by atoms with van der Waals surface area (Å²) in [5.74, 6) is 0.694. The molecule has 2 unspecified atom stereocenters. The molecule has 0 amide bonds. The van der Waals surface area contributed by atoms with Crippen molar-refractivity contribution in [3.8, 4) is 0 Å². The Balaban J connectivity index is 3.07. The standard InChI is InChI=1S/C17H36O/c1-4-5-6-7-8-9-10-11-12-13-14-16(2)15-17(3)18/h16-18H,4-15H2,1-3H3. The van der Waals surface area contributed by atoms with Crippen molar-refractivity contribution in [2.75, 3.05) is 0 Å². The van der Waals surface area contributed by atoms with Crippen LogP contribution >= 0.6 is 0 Å². The minimum Gasteiger partial charge on any atom is -0.393 e. The Hall–Kier alpha value is -0.0400. The van der Waals surface area contributed by atoms with E-state index in [1.807, 2.05) is 6.92 Å². The third-order valence-corrected chi connectivity index (χ3v) is 3.79. The smallest absolute Gasteiger partial charge is 0.0514 e. The maximum atomic E-state index is 9.28. The zero-order valence-corrected chi connectivity index (χ0v) is 13.1. The van der Waals surface area contributed by atoms with Crippen LogP contribution in [0.15, 0.2) is 0 Å². The average molecular weight is 256 g/mol. The highest BCUT2D eigenvalue weighted by Gasteiger charge is 2.05. The summed E-state index contributed by atoms with van der Waals surface area (Å²) in [6.45, 7) is 6.44. The first-order chi connectivity index (χ1) is 8.66. The van der Waals surface area contributed by atoms with Crippen molar-refractivity contribution in [1.82, 2.24) is 0 Å². The van der Waals surface area contributed by atoms with Gasteiger partial charge in [-0.2, -0.15) is 0 Å². The lowest BCUT2D eigenvalue weighted by atomic mass is 9.97. The van der Waals surface area contributed by atoms with Gasteiger partial charge in [-0.3, -0.25) is 0 Å². The fourth-order valence-electron chi connectivity index (χ4n) is 2.68. The fourth-order valence-corrected chi connectivity index (χ4v) is 2.68. The van der Waals surface area contributed by atoms with Gasteiger partial charge in [0, 0.05) is 0 Å². The van der Waals surface area contributed by atoms with E-state index < -0.39 is 0 Å². The Bertz CT molecular complexity index is 154. The van der Waals surface area contributed by atoms with E-state index in [2.05, 4.69) is 13.8 Å². The molecule has 0 aromatic heterocycles. The van der Waals surface area contributed by atoms with E-state index in [1.54, 1.807) is 0 Å². The zero-order chi connectivity index (χ0) is 13.6. The van der Waals surface area contributed by atoms with Gasteiger partial charge in [-0.25, -0.2) is 0 Å². The van der Waals surface area contributed by atoms with Gasteiger partial charge >= 0.3 is 0 Å². The molecule has 18 heavy (non-hydrogen) atoms. The Morgan fingerprint density at radius 2 is 1.17 bits per heavy atom. The van der Waals surface area contributed by atoms with Crippen molar-refractivity contribution in [3.05, 3.63) is 0 Å². The normalized spacial score (nSPS) is 14.7. The number of aliphatic hydroxyl groups is 1. The molecule has 1 nitrogen and oxygen atoms in total. The van der Waals surface area contributed by atoms with Gasteiger partial charge in [0.15, 0.2) is 0 Å². The number of hydrogen-bond acceptors (Lipinski definition) is 1. The van der Waals surface area contributed by atoms with Crippen molar-refractivity contribution >= 4 is 0 Å². The number of aliphatic hydroxyl groups excluding tert-OH is 1. The monoisotopic (exact) mass is 256 g/mol. The summed E-state index contributed by atoms with van der Waals surface area (Å²) in [6, 6.07) is 0. The van der Waals surface area contributed by atoms with Crippen molar-refractivity contribution in [2.24, 2.45) is 5.92 Å². The molecular formula is C17H36O. The molecule has 0 aromatic carbocycles. The van der Waals surface area contributed by atoms with Gasteiger partial charge in [0.05, 0.1) is 6.10 Å². The minimum atomic E-state index is -0.122. The number of unbranched alkanes of at least 4 members (excludes halogenated alkanes) is 9. The third-order valence-electron chi connectivity index (χ3n) is 3.79. The van der Waals surface area contributed by atoms with Crippen LogP contribution in [-0.2, 0) is 0 Å². The average Bonchev–Trinajstić information content (AvgIpc) is 2.30. The Labute approximate surface area is 115 Å². The van der Waals surface area contributed by atoms with Crippen LogP contribution < -0.4 is 0 Å². The predicted octanol–water partition coefficient (Wildman–Crippen LogP) is 5.70. The van der Waals surface area contributed by atoms with Crippen LogP contribution in [0.4, 0.5) is 0 Å². The molecule has 0 aromatic rings. The number of hydrogen-bond donors (Lipinski definition) is 1. The molecule has 0 aliphatic carbocycles. The molecule has 0 saturated carbocycles. The van der Waals surface area contributed by atoms with E-state index in [4.69, 9.17) is 0 Å². The van der Waals surface area contributed by atoms with E-state index in [-0.39, 0.29) is 6.10 Å². The summed E-state index contributed by atoms with van der Waals surface area (Å²) in [5, 5.41) is 9.28. The summed E-state index contributed by atoms with van der Waals surface area (Å²) < 4.78 is 0. The summed E-state index contributed by atoms with van der Waals surface area (Å²) in [5.41, 5.74) is 0. The molecule has 110 valence electrons. The lowest BCUT2D eigenvalue weighted by Gasteiger charge is -2.12. The van der Waals surface area contributed by atoms with E-state index in [1.165, 1.54) is 70.6 Å². The van der Waals surface area contributed by atoms with Gasteiger partial charge in [0.2, 0.25) is 0 Å².